The van der Waals surface area contributed by atoms with Crippen molar-refractivity contribution in [2.24, 2.45) is 0 Å². The predicted octanol–water partition coefficient (Wildman–Crippen LogP) is 6.55. The fourth-order valence-corrected chi connectivity index (χ4v) is 3.35. The number of aliphatic hydroxyl groups is 1. The minimum absolute atomic E-state index is 0.174. The number of nitrogens with one attached hydrogen (secondary N) is 1. The Hall–Kier alpha value is -3.11. The molecule has 3 rings (SSSR count). The summed E-state index contributed by atoms with van der Waals surface area (Å²) in [7, 11) is 0. The fourth-order valence-electron chi connectivity index (χ4n) is 3.16. The molecular weight excluding hydrogens is 396 g/mol. The van der Waals surface area contributed by atoms with Gasteiger partial charge in [0.1, 0.15) is 11.6 Å². The third kappa shape index (κ3) is 4.55. The number of carbonyl (C=O) groups is 1. The van der Waals surface area contributed by atoms with Gasteiger partial charge in [0.25, 0.3) is 0 Å². The zero-order chi connectivity index (χ0) is 21.9. The smallest absolute Gasteiger partial charge is 0.235 e. The highest BCUT2D eigenvalue weighted by Crippen LogP contribution is 2.29. The Morgan fingerprint density at radius 3 is 2.53 bits per heavy atom. The van der Waals surface area contributed by atoms with Crippen LogP contribution in [0.3, 0.4) is 0 Å². The van der Waals surface area contributed by atoms with E-state index in [-0.39, 0.29) is 11.7 Å². The maximum absolute atomic E-state index is 13.0. The number of rotatable bonds is 5. The Labute approximate surface area is 182 Å². The van der Waals surface area contributed by atoms with Gasteiger partial charge in [0, 0.05) is 16.1 Å². The molecule has 0 saturated heterocycles. The Bertz CT molecular complexity index is 1120. The molecule has 0 aliphatic rings. The van der Waals surface area contributed by atoms with E-state index in [0.717, 1.165) is 22.4 Å². The monoisotopic (exact) mass is 420 g/mol. The second-order valence-corrected chi connectivity index (χ2v) is 8.14. The van der Waals surface area contributed by atoms with Crippen molar-refractivity contribution in [2.75, 3.05) is 5.32 Å². The molecule has 0 spiro atoms. The first-order valence-corrected chi connectivity index (χ1v) is 10.1. The number of benzene rings is 2. The van der Waals surface area contributed by atoms with E-state index in [1.54, 1.807) is 31.2 Å². The van der Waals surface area contributed by atoms with Crippen LogP contribution in [0.2, 0.25) is 5.02 Å². The second-order valence-electron chi connectivity index (χ2n) is 7.71. The highest BCUT2D eigenvalue weighted by Gasteiger charge is 2.30. The number of nitrogens with zero attached hydrogens (tertiary/aromatic N) is 1. The van der Waals surface area contributed by atoms with Gasteiger partial charge in [-0.3, -0.25) is 4.79 Å². The number of allylic oxidation sites excluding steroid dienone is 1. The molecule has 3 aromatic rings. The van der Waals surface area contributed by atoms with Crippen LogP contribution in [0, 0.1) is 6.92 Å². The Morgan fingerprint density at radius 2 is 1.83 bits per heavy atom. The number of pyridine rings is 1. The van der Waals surface area contributed by atoms with Crippen molar-refractivity contribution in [3.05, 3.63) is 88.5 Å². The van der Waals surface area contributed by atoms with Gasteiger partial charge in [-0.25, -0.2) is 4.98 Å². The number of carbonyl (C=O) groups excluding carboxylic acids is 1. The topological polar surface area (TPSA) is 62.2 Å². The number of hydrogen-bond acceptors (Lipinski definition) is 3. The van der Waals surface area contributed by atoms with E-state index in [0.29, 0.717) is 16.4 Å². The lowest BCUT2D eigenvalue weighted by molar-refractivity contribution is -0.120. The average Bonchev–Trinajstić information content (AvgIpc) is 2.74. The molecule has 1 heterocycles. The lowest BCUT2D eigenvalue weighted by atomic mass is 9.84. The van der Waals surface area contributed by atoms with E-state index in [9.17, 15) is 9.90 Å². The van der Waals surface area contributed by atoms with Gasteiger partial charge in [0.05, 0.1) is 11.1 Å². The van der Waals surface area contributed by atoms with E-state index in [2.05, 4.69) is 10.3 Å². The summed E-state index contributed by atoms with van der Waals surface area (Å²) in [5.74, 6) is 0.506. The summed E-state index contributed by atoms with van der Waals surface area (Å²) < 4.78 is 0. The largest absolute Gasteiger partial charge is 0.508 e. The third-order valence-corrected chi connectivity index (χ3v) is 5.39. The summed E-state index contributed by atoms with van der Waals surface area (Å²) in [6, 6.07) is 18.5. The highest BCUT2D eigenvalue weighted by molar-refractivity contribution is 6.30. The molecule has 30 heavy (non-hydrogen) atoms. The van der Waals surface area contributed by atoms with Crippen LogP contribution in [0.25, 0.3) is 17.0 Å². The maximum Gasteiger partial charge on any atom is 0.235 e. The molecule has 0 fully saturated rings. The number of hydrogen-bond donors (Lipinski definition) is 2. The minimum atomic E-state index is -0.782. The first-order chi connectivity index (χ1) is 14.2. The molecule has 0 unspecified atom stereocenters. The zero-order valence-electron chi connectivity index (χ0n) is 17.5. The van der Waals surface area contributed by atoms with Gasteiger partial charge in [0.15, 0.2) is 0 Å². The Balaban J connectivity index is 1.91. The van der Waals surface area contributed by atoms with Crippen molar-refractivity contribution >= 4 is 29.1 Å². The molecule has 5 heteroatoms. The minimum Gasteiger partial charge on any atom is -0.508 e. The van der Waals surface area contributed by atoms with Gasteiger partial charge in [-0.1, -0.05) is 48.0 Å². The molecule has 0 radical (unpaired) electrons. The molecule has 1 aromatic heterocycles. The van der Waals surface area contributed by atoms with Gasteiger partial charge < -0.3 is 10.4 Å². The normalized spacial score (nSPS) is 12.0. The number of aryl methyl sites for hydroxylation is 1. The van der Waals surface area contributed by atoms with Gasteiger partial charge >= 0.3 is 0 Å². The summed E-state index contributed by atoms with van der Waals surface area (Å²) in [6.07, 6.45) is 1.65. The van der Waals surface area contributed by atoms with E-state index >= 15 is 0 Å². The summed E-state index contributed by atoms with van der Waals surface area (Å²) in [5, 5.41) is 13.6. The van der Waals surface area contributed by atoms with E-state index in [1.165, 1.54) is 0 Å². The number of amides is 1. The van der Waals surface area contributed by atoms with Crippen molar-refractivity contribution in [3.63, 3.8) is 0 Å². The van der Waals surface area contributed by atoms with Crippen LogP contribution < -0.4 is 5.32 Å². The van der Waals surface area contributed by atoms with Gasteiger partial charge in [-0.05, 0) is 69.2 Å². The SMILES string of the molecule is C/C=C(\O)c1cccc(-c2nc(NC(=O)C(C)(C)c3cccc(Cl)c3)ccc2C)c1. The second kappa shape index (κ2) is 8.72. The van der Waals surface area contributed by atoms with Gasteiger partial charge in [-0.2, -0.15) is 0 Å². The third-order valence-electron chi connectivity index (χ3n) is 5.16. The van der Waals surface area contributed by atoms with Crippen molar-refractivity contribution in [3.8, 4) is 11.3 Å². The van der Waals surface area contributed by atoms with Gasteiger partial charge in [0.2, 0.25) is 5.91 Å². The number of aromatic nitrogens is 1. The average molecular weight is 421 g/mol. The molecule has 0 aliphatic carbocycles. The number of anilines is 1. The quantitative estimate of drug-likeness (QED) is 0.460. The molecule has 1 amide bonds. The standard InChI is InChI=1S/C25H25ClN2O2/c1-5-21(29)17-8-6-9-18(14-17)23-16(2)12-13-22(27-23)28-24(30)25(3,4)19-10-7-11-20(26)15-19/h5-15,29H,1-4H3,(H,27,28,30)/b21-5-. The van der Waals surface area contributed by atoms with Crippen molar-refractivity contribution < 1.29 is 9.90 Å². The Kier molecular flexibility index (Phi) is 6.28. The van der Waals surface area contributed by atoms with E-state index in [1.807, 2.05) is 63.2 Å². The first-order valence-electron chi connectivity index (χ1n) is 9.73. The summed E-state index contributed by atoms with van der Waals surface area (Å²) in [5.41, 5.74) is 3.35. The van der Waals surface area contributed by atoms with Crippen molar-refractivity contribution in [1.29, 1.82) is 0 Å². The molecule has 154 valence electrons. The molecule has 4 nitrogen and oxygen atoms in total. The van der Waals surface area contributed by atoms with Crippen LogP contribution >= 0.6 is 11.6 Å². The van der Waals surface area contributed by atoms with Crippen molar-refractivity contribution in [1.82, 2.24) is 4.98 Å². The number of aliphatic hydroxyl groups excluding tert-OH is 1. The molecular formula is C25H25ClN2O2. The molecule has 0 bridgehead atoms. The molecule has 2 N–H and O–H groups in total. The lowest BCUT2D eigenvalue weighted by Gasteiger charge is -2.24. The summed E-state index contributed by atoms with van der Waals surface area (Å²) >= 11 is 6.10. The summed E-state index contributed by atoms with van der Waals surface area (Å²) in [6.45, 7) is 7.45. The zero-order valence-corrected chi connectivity index (χ0v) is 18.3. The fraction of sp³-hybridized carbons (Fsp3) is 0.200. The highest BCUT2D eigenvalue weighted by atomic mass is 35.5. The van der Waals surface area contributed by atoms with Crippen LogP contribution in [0.5, 0.6) is 0 Å². The first kappa shape index (κ1) is 21.6. The Morgan fingerprint density at radius 1 is 1.10 bits per heavy atom. The molecule has 0 aliphatic heterocycles. The predicted molar refractivity (Wildman–Crippen MR) is 124 cm³/mol. The molecule has 2 aromatic carbocycles. The summed E-state index contributed by atoms with van der Waals surface area (Å²) in [4.78, 5) is 17.7. The van der Waals surface area contributed by atoms with E-state index in [4.69, 9.17) is 11.6 Å². The number of halogens is 1. The van der Waals surface area contributed by atoms with Crippen LogP contribution in [-0.4, -0.2) is 16.0 Å². The molecule has 0 saturated carbocycles. The lowest BCUT2D eigenvalue weighted by Crippen LogP contribution is -2.35. The van der Waals surface area contributed by atoms with Crippen LogP contribution in [-0.2, 0) is 10.2 Å². The van der Waals surface area contributed by atoms with Crippen LogP contribution in [0.1, 0.15) is 37.5 Å². The molecule has 0 atom stereocenters. The van der Waals surface area contributed by atoms with Gasteiger partial charge in [-0.15, -0.1) is 0 Å². The van der Waals surface area contributed by atoms with E-state index < -0.39 is 5.41 Å². The van der Waals surface area contributed by atoms with Crippen molar-refractivity contribution in [2.45, 2.75) is 33.1 Å². The maximum atomic E-state index is 13.0. The van der Waals surface area contributed by atoms with Crippen LogP contribution in [0.15, 0.2) is 66.7 Å². The van der Waals surface area contributed by atoms with Crippen LogP contribution in [0.4, 0.5) is 5.82 Å².